The van der Waals surface area contributed by atoms with Crippen molar-refractivity contribution < 1.29 is 14.4 Å². The molecule has 0 aliphatic rings. The Labute approximate surface area is 127 Å². The molecule has 3 atom stereocenters. The van der Waals surface area contributed by atoms with Gasteiger partial charge in [-0.25, -0.2) is 0 Å². The Hall–Kier alpha value is -1.36. The molecule has 0 fully saturated rings. The summed E-state index contributed by atoms with van der Waals surface area (Å²) in [7, 11) is 0. The summed E-state index contributed by atoms with van der Waals surface area (Å²) in [5, 5.41) is 17.1. The van der Waals surface area contributed by atoms with Crippen molar-refractivity contribution in [1.82, 2.24) is 10.5 Å². The van der Waals surface area contributed by atoms with Crippen LogP contribution < -0.4 is 5.32 Å². The first-order valence-electron chi connectivity index (χ1n) is 7.60. The number of nitrogens with zero attached hydrogens (tertiary/aromatic N) is 1. The monoisotopic (exact) mass is 296 g/mol. The first-order chi connectivity index (χ1) is 9.69. The predicted octanol–water partition coefficient (Wildman–Crippen LogP) is 2.38. The number of amides is 1. The summed E-state index contributed by atoms with van der Waals surface area (Å²) in [6.07, 6.45) is 1.47. The molecule has 1 amide bonds. The number of nitrogens with one attached hydrogen (secondary N) is 1. The van der Waals surface area contributed by atoms with E-state index < -0.39 is 5.60 Å². The van der Waals surface area contributed by atoms with E-state index in [-0.39, 0.29) is 24.3 Å². The van der Waals surface area contributed by atoms with Crippen LogP contribution in [0, 0.1) is 25.7 Å². The Morgan fingerprint density at radius 3 is 2.52 bits per heavy atom. The summed E-state index contributed by atoms with van der Waals surface area (Å²) < 4.78 is 5.11. The van der Waals surface area contributed by atoms with E-state index in [9.17, 15) is 9.90 Å². The third-order valence-electron chi connectivity index (χ3n) is 4.43. The van der Waals surface area contributed by atoms with Gasteiger partial charge in [-0.1, -0.05) is 32.3 Å². The molecular formula is C16H28N2O3. The molecule has 0 aliphatic carbocycles. The van der Waals surface area contributed by atoms with Crippen LogP contribution in [0.5, 0.6) is 0 Å². The maximum atomic E-state index is 12.2. The molecule has 0 aliphatic heterocycles. The second kappa shape index (κ2) is 7.07. The van der Waals surface area contributed by atoms with Crippen molar-refractivity contribution in [2.75, 3.05) is 6.54 Å². The van der Waals surface area contributed by atoms with Crippen molar-refractivity contribution in [3.8, 4) is 0 Å². The maximum absolute atomic E-state index is 12.2. The molecule has 21 heavy (non-hydrogen) atoms. The summed E-state index contributed by atoms with van der Waals surface area (Å²) in [6.45, 7) is 11.7. The molecule has 0 radical (unpaired) electrons. The van der Waals surface area contributed by atoms with Crippen LogP contribution >= 0.6 is 0 Å². The highest BCUT2D eigenvalue weighted by Gasteiger charge is 2.28. The zero-order valence-electron chi connectivity index (χ0n) is 14.0. The van der Waals surface area contributed by atoms with Crippen molar-refractivity contribution in [3.05, 3.63) is 17.0 Å². The van der Waals surface area contributed by atoms with E-state index in [0.717, 1.165) is 23.4 Å². The molecular weight excluding hydrogens is 268 g/mol. The molecule has 120 valence electrons. The number of aromatic nitrogens is 1. The van der Waals surface area contributed by atoms with Gasteiger partial charge in [-0.3, -0.25) is 4.79 Å². The number of carbonyl (C=O) groups excluding carboxylic acids is 1. The van der Waals surface area contributed by atoms with Gasteiger partial charge in [0.05, 0.1) is 11.3 Å². The first-order valence-corrected chi connectivity index (χ1v) is 7.60. The lowest BCUT2D eigenvalue weighted by molar-refractivity contribution is -0.126. The molecule has 0 saturated heterocycles. The SMILES string of the molecule is CCC(C)C(C)(O)CNC(=O)C(C)Cc1c(C)noc1C. The van der Waals surface area contributed by atoms with Gasteiger partial charge in [-0.2, -0.15) is 0 Å². The van der Waals surface area contributed by atoms with Gasteiger partial charge in [0.1, 0.15) is 5.76 Å². The third-order valence-corrected chi connectivity index (χ3v) is 4.43. The van der Waals surface area contributed by atoms with Gasteiger partial charge in [-0.05, 0) is 33.1 Å². The normalized spacial score (nSPS) is 17.1. The second-order valence-corrected chi connectivity index (χ2v) is 6.29. The second-order valence-electron chi connectivity index (χ2n) is 6.29. The van der Waals surface area contributed by atoms with Crippen molar-refractivity contribution in [2.24, 2.45) is 11.8 Å². The zero-order valence-corrected chi connectivity index (χ0v) is 14.0. The lowest BCUT2D eigenvalue weighted by Gasteiger charge is -2.30. The molecule has 5 nitrogen and oxygen atoms in total. The predicted molar refractivity (Wildman–Crippen MR) is 81.9 cm³/mol. The average Bonchev–Trinajstić information content (AvgIpc) is 2.75. The van der Waals surface area contributed by atoms with E-state index in [1.54, 1.807) is 6.92 Å². The van der Waals surface area contributed by atoms with Crippen LogP contribution in [0.25, 0.3) is 0 Å². The van der Waals surface area contributed by atoms with Crippen LogP contribution in [0.3, 0.4) is 0 Å². The minimum Gasteiger partial charge on any atom is -0.388 e. The molecule has 1 heterocycles. The first kappa shape index (κ1) is 17.7. The topological polar surface area (TPSA) is 75.4 Å². The number of aliphatic hydroxyl groups is 1. The van der Waals surface area contributed by atoms with E-state index in [4.69, 9.17) is 4.52 Å². The largest absolute Gasteiger partial charge is 0.388 e. The molecule has 0 spiro atoms. The smallest absolute Gasteiger partial charge is 0.223 e. The summed E-state index contributed by atoms with van der Waals surface area (Å²) in [5.41, 5.74) is 0.942. The van der Waals surface area contributed by atoms with Gasteiger partial charge < -0.3 is 14.9 Å². The Bertz CT molecular complexity index is 460. The number of aryl methyl sites for hydroxylation is 2. The van der Waals surface area contributed by atoms with E-state index in [1.165, 1.54) is 0 Å². The van der Waals surface area contributed by atoms with Crippen LogP contribution in [-0.4, -0.2) is 28.3 Å². The standard InChI is InChI=1S/C16H28N2O3/c1-7-11(3)16(6,20)9-17-15(19)10(2)8-14-12(4)18-21-13(14)5/h10-11,20H,7-9H2,1-6H3,(H,17,19). The highest BCUT2D eigenvalue weighted by atomic mass is 16.5. The summed E-state index contributed by atoms with van der Waals surface area (Å²) in [5.74, 6) is 0.655. The van der Waals surface area contributed by atoms with E-state index in [0.29, 0.717) is 6.42 Å². The molecule has 1 aromatic heterocycles. The molecule has 2 N–H and O–H groups in total. The molecule has 0 bridgehead atoms. The van der Waals surface area contributed by atoms with Crippen molar-refractivity contribution in [3.63, 3.8) is 0 Å². The van der Waals surface area contributed by atoms with Crippen LogP contribution in [0.1, 0.15) is 51.1 Å². The van der Waals surface area contributed by atoms with Crippen LogP contribution in [0.15, 0.2) is 4.52 Å². The van der Waals surface area contributed by atoms with E-state index in [1.807, 2.05) is 34.6 Å². The van der Waals surface area contributed by atoms with Crippen LogP contribution in [-0.2, 0) is 11.2 Å². The fourth-order valence-corrected chi connectivity index (χ4v) is 2.25. The molecule has 3 unspecified atom stereocenters. The molecule has 1 aromatic rings. The number of hydrogen-bond donors (Lipinski definition) is 2. The fourth-order valence-electron chi connectivity index (χ4n) is 2.25. The number of carbonyl (C=O) groups is 1. The third kappa shape index (κ3) is 4.56. The highest BCUT2D eigenvalue weighted by molar-refractivity contribution is 5.78. The van der Waals surface area contributed by atoms with Gasteiger partial charge in [0.15, 0.2) is 0 Å². The summed E-state index contributed by atoms with van der Waals surface area (Å²) in [6, 6.07) is 0. The summed E-state index contributed by atoms with van der Waals surface area (Å²) in [4.78, 5) is 12.2. The van der Waals surface area contributed by atoms with Crippen molar-refractivity contribution in [2.45, 2.75) is 60.0 Å². The van der Waals surface area contributed by atoms with Crippen LogP contribution in [0.2, 0.25) is 0 Å². The van der Waals surface area contributed by atoms with Gasteiger partial charge in [0, 0.05) is 18.0 Å². The van der Waals surface area contributed by atoms with E-state index in [2.05, 4.69) is 10.5 Å². The molecule has 5 heteroatoms. The minimum absolute atomic E-state index is 0.0569. The van der Waals surface area contributed by atoms with Crippen molar-refractivity contribution in [1.29, 1.82) is 0 Å². The Balaban J connectivity index is 2.56. The van der Waals surface area contributed by atoms with Gasteiger partial charge in [0.2, 0.25) is 5.91 Å². The fraction of sp³-hybridized carbons (Fsp3) is 0.750. The lowest BCUT2D eigenvalue weighted by atomic mass is 9.88. The van der Waals surface area contributed by atoms with Gasteiger partial charge in [0.25, 0.3) is 0 Å². The number of hydrogen-bond acceptors (Lipinski definition) is 4. The van der Waals surface area contributed by atoms with Gasteiger partial charge >= 0.3 is 0 Å². The van der Waals surface area contributed by atoms with Crippen LogP contribution in [0.4, 0.5) is 0 Å². The molecule has 0 aromatic carbocycles. The maximum Gasteiger partial charge on any atom is 0.223 e. The lowest BCUT2D eigenvalue weighted by Crippen LogP contribution is -2.46. The van der Waals surface area contributed by atoms with E-state index >= 15 is 0 Å². The highest BCUT2D eigenvalue weighted by Crippen LogP contribution is 2.20. The Kier molecular flexibility index (Phi) is 5.96. The zero-order chi connectivity index (χ0) is 16.2. The van der Waals surface area contributed by atoms with Gasteiger partial charge in [-0.15, -0.1) is 0 Å². The number of rotatable bonds is 7. The Morgan fingerprint density at radius 1 is 1.43 bits per heavy atom. The summed E-state index contributed by atoms with van der Waals surface area (Å²) >= 11 is 0. The average molecular weight is 296 g/mol. The van der Waals surface area contributed by atoms with Crippen molar-refractivity contribution >= 4 is 5.91 Å². The minimum atomic E-state index is -0.882. The molecule has 1 rings (SSSR count). The quantitative estimate of drug-likeness (QED) is 0.810. The molecule has 0 saturated carbocycles. The Morgan fingerprint density at radius 2 is 2.05 bits per heavy atom.